The largest absolute Gasteiger partial charge is 0.493 e. The van der Waals surface area contributed by atoms with Crippen molar-refractivity contribution in [3.05, 3.63) is 18.0 Å². The van der Waals surface area contributed by atoms with Crippen LogP contribution in [0.4, 0.5) is 0 Å². The van der Waals surface area contributed by atoms with Crippen LogP contribution in [0.15, 0.2) is 12.3 Å². The van der Waals surface area contributed by atoms with E-state index in [1.807, 2.05) is 17.8 Å². The monoisotopic (exact) mass is 293 g/mol. The number of thioether (sulfide) groups is 1. The Morgan fingerprint density at radius 3 is 2.85 bits per heavy atom. The van der Waals surface area contributed by atoms with Crippen molar-refractivity contribution >= 4 is 11.8 Å². The molecule has 3 nitrogen and oxygen atoms in total. The molecule has 1 aromatic heterocycles. The van der Waals surface area contributed by atoms with Gasteiger partial charge < -0.3 is 9.47 Å². The molecule has 0 aromatic carbocycles. The highest BCUT2D eigenvalue weighted by Crippen LogP contribution is 2.55. The lowest BCUT2D eigenvalue weighted by Crippen LogP contribution is -1.98. The highest BCUT2D eigenvalue weighted by molar-refractivity contribution is 7.98. The molecule has 0 saturated heterocycles. The maximum absolute atomic E-state index is 5.41. The first-order valence-corrected chi connectivity index (χ1v) is 8.62. The molecule has 0 amide bonds. The summed E-state index contributed by atoms with van der Waals surface area (Å²) < 4.78 is 10.7. The molecule has 2 aliphatic carbocycles. The molecule has 0 bridgehead atoms. The molecule has 3 rings (SSSR count). The van der Waals surface area contributed by atoms with Crippen molar-refractivity contribution in [3.63, 3.8) is 0 Å². The van der Waals surface area contributed by atoms with Gasteiger partial charge in [0.15, 0.2) is 11.5 Å². The first-order chi connectivity index (χ1) is 9.83. The minimum Gasteiger partial charge on any atom is -0.493 e. The maximum Gasteiger partial charge on any atom is 0.183 e. The highest BCUT2D eigenvalue weighted by Gasteiger charge is 2.46. The molecule has 1 aromatic rings. The SMILES string of the molecule is COc1ccnc(CSCC[C@@H]2C[C@H]2C2CC2)c1OC. The highest BCUT2D eigenvalue weighted by atomic mass is 32.2. The van der Waals surface area contributed by atoms with E-state index in [1.165, 1.54) is 31.4 Å². The predicted octanol–water partition coefficient (Wildman–Crippen LogP) is 3.77. The molecular formula is C16H23NO2S. The first kappa shape index (κ1) is 14.1. The van der Waals surface area contributed by atoms with Gasteiger partial charge in [0.2, 0.25) is 0 Å². The van der Waals surface area contributed by atoms with Gasteiger partial charge >= 0.3 is 0 Å². The van der Waals surface area contributed by atoms with Crippen LogP contribution < -0.4 is 9.47 Å². The second-order valence-corrected chi connectivity index (χ2v) is 6.94. The number of nitrogens with zero attached hydrogens (tertiary/aromatic N) is 1. The van der Waals surface area contributed by atoms with Gasteiger partial charge in [-0.3, -0.25) is 4.98 Å². The Hall–Kier alpha value is -0.900. The molecule has 2 aliphatic rings. The average Bonchev–Trinajstić information content (AvgIpc) is 3.35. The van der Waals surface area contributed by atoms with Crippen molar-refractivity contribution in [3.8, 4) is 11.5 Å². The van der Waals surface area contributed by atoms with E-state index in [0.29, 0.717) is 0 Å². The summed E-state index contributed by atoms with van der Waals surface area (Å²) in [7, 11) is 3.35. The van der Waals surface area contributed by atoms with E-state index >= 15 is 0 Å². The molecule has 4 heteroatoms. The summed E-state index contributed by atoms with van der Waals surface area (Å²) in [5.41, 5.74) is 0.992. The Morgan fingerprint density at radius 1 is 1.30 bits per heavy atom. The molecule has 110 valence electrons. The Bertz CT molecular complexity index is 462. The number of pyridine rings is 1. The maximum atomic E-state index is 5.41. The quantitative estimate of drug-likeness (QED) is 0.683. The second-order valence-electron chi connectivity index (χ2n) is 5.83. The summed E-state index contributed by atoms with van der Waals surface area (Å²) in [6.07, 6.45) is 7.66. The minimum absolute atomic E-state index is 0.772. The number of hydrogen-bond acceptors (Lipinski definition) is 4. The molecule has 0 unspecified atom stereocenters. The topological polar surface area (TPSA) is 31.4 Å². The molecule has 2 fully saturated rings. The van der Waals surface area contributed by atoms with Gasteiger partial charge in [-0.05, 0) is 49.2 Å². The summed E-state index contributed by atoms with van der Waals surface area (Å²) in [6, 6.07) is 1.84. The van der Waals surface area contributed by atoms with Crippen molar-refractivity contribution in [1.29, 1.82) is 0 Å². The van der Waals surface area contributed by atoms with Gasteiger partial charge in [-0.2, -0.15) is 11.8 Å². The van der Waals surface area contributed by atoms with Crippen LogP contribution in [0.3, 0.4) is 0 Å². The number of ether oxygens (including phenoxy) is 2. The Kier molecular flexibility index (Phi) is 4.39. The van der Waals surface area contributed by atoms with Crippen LogP contribution in [0, 0.1) is 17.8 Å². The van der Waals surface area contributed by atoms with Gasteiger partial charge in [-0.1, -0.05) is 0 Å². The summed E-state index contributed by atoms with van der Waals surface area (Å²) in [4.78, 5) is 4.42. The fourth-order valence-electron chi connectivity index (χ4n) is 3.06. The van der Waals surface area contributed by atoms with E-state index in [1.54, 1.807) is 20.4 Å². The molecule has 0 N–H and O–H groups in total. The van der Waals surface area contributed by atoms with Gasteiger partial charge in [-0.15, -0.1) is 0 Å². The fraction of sp³-hybridized carbons (Fsp3) is 0.688. The Morgan fingerprint density at radius 2 is 2.15 bits per heavy atom. The number of aromatic nitrogens is 1. The average molecular weight is 293 g/mol. The van der Waals surface area contributed by atoms with Gasteiger partial charge in [-0.25, -0.2) is 0 Å². The third-order valence-electron chi connectivity index (χ3n) is 4.44. The lowest BCUT2D eigenvalue weighted by atomic mass is 10.2. The van der Waals surface area contributed by atoms with Crippen LogP contribution in [0.5, 0.6) is 11.5 Å². The van der Waals surface area contributed by atoms with Crippen molar-refractivity contribution in [1.82, 2.24) is 4.98 Å². The van der Waals surface area contributed by atoms with Crippen molar-refractivity contribution in [2.45, 2.75) is 31.4 Å². The van der Waals surface area contributed by atoms with E-state index in [9.17, 15) is 0 Å². The molecule has 0 spiro atoms. The van der Waals surface area contributed by atoms with Crippen LogP contribution in [-0.2, 0) is 5.75 Å². The zero-order chi connectivity index (χ0) is 13.9. The summed E-state index contributed by atoms with van der Waals surface area (Å²) in [5, 5.41) is 0. The van der Waals surface area contributed by atoms with Crippen LogP contribution in [-0.4, -0.2) is 25.0 Å². The van der Waals surface area contributed by atoms with Crippen LogP contribution in [0.25, 0.3) is 0 Å². The zero-order valence-corrected chi connectivity index (χ0v) is 13.1. The van der Waals surface area contributed by atoms with Crippen LogP contribution in [0.1, 0.15) is 31.4 Å². The van der Waals surface area contributed by atoms with Crippen molar-refractivity contribution < 1.29 is 9.47 Å². The molecule has 0 aliphatic heterocycles. The van der Waals surface area contributed by atoms with E-state index in [-0.39, 0.29) is 0 Å². The van der Waals surface area contributed by atoms with E-state index in [4.69, 9.17) is 9.47 Å². The molecular weight excluding hydrogens is 270 g/mol. The van der Waals surface area contributed by atoms with Gasteiger partial charge in [0.05, 0.1) is 19.9 Å². The number of rotatable bonds is 8. The van der Waals surface area contributed by atoms with Gasteiger partial charge in [0, 0.05) is 18.0 Å². The smallest absolute Gasteiger partial charge is 0.183 e. The van der Waals surface area contributed by atoms with Gasteiger partial charge in [0.1, 0.15) is 0 Å². The Balaban J connectivity index is 1.43. The summed E-state index contributed by atoms with van der Waals surface area (Å²) in [6.45, 7) is 0. The molecule has 20 heavy (non-hydrogen) atoms. The van der Waals surface area contributed by atoms with Crippen molar-refractivity contribution in [2.24, 2.45) is 17.8 Å². The normalized spacial score (nSPS) is 24.5. The third-order valence-corrected chi connectivity index (χ3v) is 5.44. The standard InChI is InChI=1S/C16H23NO2S/c1-18-15-5-7-17-14(16(15)19-2)10-20-8-6-12-9-13(12)11-3-4-11/h5,7,11-13H,3-4,6,8-10H2,1-2H3/t12-,13+/m1/s1. The lowest BCUT2D eigenvalue weighted by Gasteiger charge is -2.11. The van der Waals surface area contributed by atoms with E-state index < -0.39 is 0 Å². The molecule has 2 saturated carbocycles. The summed E-state index contributed by atoms with van der Waals surface area (Å²) in [5.74, 6) is 6.90. The zero-order valence-electron chi connectivity index (χ0n) is 12.3. The molecule has 0 radical (unpaired) electrons. The van der Waals surface area contributed by atoms with E-state index in [0.717, 1.165) is 40.7 Å². The molecule has 2 atom stereocenters. The van der Waals surface area contributed by atoms with Crippen molar-refractivity contribution in [2.75, 3.05) is 20.0 Å². The minimum atomic E-state index is 0.772. The fourth-order valence-corrected chi connectivity index (χ4v) is 4.07. The molecule has 1 heterocycles. The number of hydrogen-bond donors (Lipinski definition) is 0. The second kappa shape index (κ2) is 6.25. The van der Waals surface area contributed by atoms with Crippen LogP contribution in [0.2, 0.25) is 0 Å². The number of methoxy groups -OCH3 is 2. The Labute approximate surface area is 125 Å². The third kappa shape index (κ3) is 3.22. The van der Waals surface area contributed by atoms with Gasteiger partial charge in [0.25, 0.3) is 0 Å². The predicted molar refractivity (Wildman–Crippen MR) is 82.4 cm³/mol. The first-order valence-electron chi connectivity index (χ1n) is 7.47. The lowest BCUT2D eigenvalue weighted by molar-refractivity contribution is 0.350. The van der Waals surface area contributed by atoms with E-state index in [2.05, 4.69) is 4.98 Å². The summed E-state index contributed by atoms with van der Waals surface area (Å²) >= 11 is 1.96. The van der Waals surface area contributed by atoms with Crippen LogP contribution >= 0.6 is 11.8 Å².